The van der Waals surface area contributed by atoms with Crippen LogP contribution < -0.4 is 0 Å². The van der Waals surface area contributed by atoms with Crippen LogP contribution in [0.15, 0.2) is 30.3 Å². The summed E-state index contributed by atoms with van der Waals surface area (Å²) in [5.41, 5.74) is 1.17. The molecule has 3 rings (SSSR count). The maximum atomic E-state index is 9.71. The van der Waals surface area contributed by atoms with Crippen LogP contribution in [0.1, 0.15) is 37.7 Å². The number of fused-ring (bicyclic) bond motifs is 1. The zero-order valence-electron chi connectivity index (χ0n) is 10.8. The average Bonchev–Trinajstić information content (AvgIpc) is 2.80. The van der Waals surface area contributed by atoms with E-state index in [-0.39, 0.29) is 5.54 Å². The molecule has 2 atom stereocenters. The highest BCUT2D eigenvalue weighted by Crippen LogP contribution is 2.45. The summed E-state index contributed by atoms with van der Waals surface area (Å²) in [6, 6.07) is 13.2. The smallest absolute Gasteiger partial charge is 0.112 e. The third-order valence-electron chi connectivity index (χ3n) is 4.76. The van der Waals surface area contributed by atoms with E-state index in [4.69, 9.17) is 0 Å². The lowest BCUT2D eigenvalue weighted by Gasteiger charge is -2.39. The van der Waals surface area contributed by atoms with Crippen LogP contribution in [0.3, 0.4) is 0 Å². The number of benzene rings is 1. The fourth-order valence-electron chi connectivity index (χ4n) is 3.78. The number of nitriles is 1. The summed E-state index contributed by atoms with van der Waals surface area (Å²) in [5.74, 6) is 0.611. The molecule has 1 aromatic rings. The molecule has 0 bridgehead atoms. The van der Waals surface area contributed by atoms with Gasteiger partial charge in [-0.15, -0.1) is 0 Å². The van der Waals surface area contributed by atoms with Gasteiger partial charge in [0.1, 0.15) is 5.54 Å². The molecule has 0 spiro atoms. The summed E-state index contributed by atoms with van der Waals surface area (Å²) < 4.78 is 0. The van der Waals surface area contributed by atoms with Crippen LogP contribution in [0.25, 0.3) is 0 Å². The lowest BCUT2D eigenvalue weighted by atomic mass is 9.74. The summed E-state index contributed by atoms with van der Waals surface area (Å²) in [6.07, 6.45) is 6.06. The molecule has 1 heterocycles. The zero-order chi connectivity index (χ0) is 12.4. The minimum Gasteiger partial charge on any atom is -0.281 e. The summed E-state index contributed by atoms with van der Waals surface area (Å²) in [4.78, 5) is 2.44. The van der Waals surface area contributed by atoms with E-state index >= 15 is 0 Å². The van der Waals surface area contributed by atoms with Crippen LogP contribution in [0.2, 0.25) is 0 Å². The minimum atomic E-state index is -0.159. The second kappa shape index (κ2) is 4.74. The Morgan fingerprint density at radius 3 is 2.83 bits per heavy atom. The maximum Gasteiger partial charge on any atom is 0.112 e. The van der Waals surface area contributed by atoms with E-state index in [0.717, 1.165) is 19.5 Å². The number of nitrogens with zero attached hydrogens (tertiary/aromatic N) is 2. The van der Waals surface area contributed by atoms with Gasteiger partial charge in [0.25, 0.3) is 0 Å². The van der Waals surface area contributed by atoms with Crippen LogP contribution in [0.4, 0.5) is 0 Å². The highest BCUT2D eigenvalue weighted by Gasteiger charge is 2.49. The third kappa shape index (κ3) is 1.83. The molecule has 1 aliphatic heterocycles. The fourth-order valence-corrected chi connectivity index (χ4v) is 3.78. The van der Waals surface area contributed by atoms with Crippen molar-refractivity contribution in [2.45, 2.75) is 44.2 Å². The van der Waals surface area contributed by atoms with Gasteiger partial charge in [-0.2, -0.15) is 5.26 Å². The summed E-state index contributed by atoms with van der Waals surface area (Å²) >= 11 is 0. The second-order valence-corrected chi connectivity index (χ2v) is 5.67. The third-order valence-corrected chi connectivity index (χ3v) is 4.76. The number of hydrogen-bond acceptors (Lipinski definition) is 2. The van der Waals surface area contributed by atoms with Crippen molar-refractivity contribution in [1.82, 2.24) is 4.90 Å². The predicted molar refractivity (Wildman–Crippen MR) is 71.8 cm³/mol. The molecular formula is C16H20N2. The highest BCUT2D eigenvalue weighted by molar-refractivity contribution is 5.21. The first kappa shape index (κ1) is 11.7. The quantitative estimate of drug-likeness (QED) is 0.792. The van der Waals surface area contributed by atoms with Crippen LogP contribution >= 0.6 is 0 Å². The molecule has 0 N–H and O–H groups in total. The SMILES string of the molecule is N#CC12CCCCC1CCN2Cc1ccccc1. The summed E-state index contributed by atoms with van der Waals surface area (Å²) in [5, 5.41) is 9.71. The van der Waals surface area contributed by atoms with Crippen molar-refractivity contribution >= 4 is 0 Å². The summed E-state index contributed by atoms with van der Waals surface area (Å²) in [6.45, 7) is 2.03. The Labute approximate surface area is 109 Å². The van der Waals surface area contributed by atoms with E-state index in [2.05, 4.69) is 41.3 Å². The first-order chi connectivity index (χ1) is 8.85. The van der Waals surface area contributed by atoms with Crippen LogP contribution in [0, 0.1) is 17.2 Å². The first-order valence-electron chi connectivity index (χ1n) is 7.05. The van der Waals surface area contributed by atoms with Crippen LogP contribution in [-0.2, 0) is 6.54 Å². The second-order valence-electron chi connectivity index (χ2n) is 5.67. The Balaban J connectivity index is 1.82. The van der Waals surface area contributed by atoms with Gasteiger partial charge < -0.3 is 0 Å². The minimum absolute atomic E-state index is 0.159. The Morgan fingerprint density at radius 1 is 1.22 bits per heavy atom. The molecule has 2 heteroatoms. The van der Waals surface area contributed by atoms with Crippen molar-refractivity contribution in [2.75, 3.05) is 6.54 Å². The molecule has 2 aliphatic rings. The van der Waals surface area contributed by atoms with Crippen LogP contribution in [0.5, 0.6) is 0 Å². The van der Waals surface area contributed by atoms with E-state index in [1.165, 1.54) is 31.2 Å². The molecule has 2 unspecified atom stereocenters. The number of likely N-dealkylation sites (tertiary alicyclic amines) is 1. The van der Waals surface area contributed by atoms with E-state index in [1.807, 2.05) is 0 Å². The molecular weight excluding hydrogens is 220 g/mol. The van der Waals surface area contributed by atoms with E-state index in [9.17, 15) is 5.26 Å². The average molecular weight is 240 g/mol. The Bertz CT molecular complexity index is 448. The van der Waals surface area contributed by atoms with Gasteiger partial charge >= 0.3 is 0 Å². The zero-order valence-corrected chi connectivity index (χ0v) is 10.8. The maximum absolute atomic E-state index is 9.71. The van der Waals surface area contributed by atoms with E-state index in [0.29, 0.717) is 5.92 Å². The molecule has 1 saturated carbocycles. The molecule has 18 heavy (non-hydrogen) atoms. The number of hydrogen-bond donors (Lipinski definition) is 0. The van der Waals surface area contributed by atoms with Gasteiger partial charge in [-0.05, 0) is 30.7 Å². The van der Waals surface area contributed by atoms with Gasteiger partial charge in [0, 0.05) is 13.1 Å². The largest absolute Gasteiger partial charge is 0.281 e. The van der Waals surface area contributed by atoms with Gasteiger partial charge in [0.15, 0.2) is 0 Å². The van der Waals surface area contributed by atoms with Crippen LogP contribution in [-0.4, -0.2) is 17.0 Å². The van der Waals surface area contributed by atoms with Gasteiger partial charge in [0.2, 0.25) is 0 Å². The molecule has 2 nitrogen and oxygen atoms in total. The first-order valence-corrected chi connectivity index (χ1v) is 7.05. The van der Waals surface area contributed by atoms with Crippen molar-refractivity contribution in [3.05, 3.63) is 35.9 Å². The van der Waals surface area contributed by atoms with Crippen molar-refractivity contribution in [3.8, 4) is 6.07 Å². The molecule has 94 valence electrons. The standard InChI is InChI=1S/C16H20N2/c17-13-16-10-5-4-8-15(16)9-11-18(16)12-14-6-2-1-3-7-14/h1-3,6-7,15H,4-5,8-12H2. The monoisotopic (exact) mass is 240 g/mol. The normalized spacial score (nSPS) is 31.8. The van der Waals surface area contributed by atoms with E-state index in [1.54, 1.807) is 0 Å². The molecule has 0 radical (unpaired) electrons. The fraction of sp³-hybridized carbons (Fsp3) is 0.562. The molecule has 0 amide bonds. The Morgan fingerprint density at radius 2 is 2.06 bits per heavy atom. The highest BCUT2D eigenvalue weighted by atomic mass is 15.2. The van der Waals surface area contributed by atoms with Gasteiger partial charge in [0.05, 0.1) is 6.07 Å². The lowest BCUT2D eigenvalue weighted by Crippen LogP contribution is -2.47. The van der Waals surface area contributed by atoms with E-state index < -0.39 is 0 Å². The predicted octanol–water partition coefficient (Wildman–Crippen LogP) is 3.34. The Kier molecular flexibility index (Phi) is 3.09. The molecule has 0 aromatic heterocycles. The summed E-state index contributed by atoms with van der Waals surface area (Å²) in [7, 11) is 0. The number of rotatable bonds is 2. The molecule has 1 aliphatic carbocycles. The van der Waals surface area contributed by atoms with Gasteiger partial charge in [-0.25, -0.2) is 0 Å². The van der Waals surface area contributed by atoms with Crippen molar-refractivity contribution in [1.29, 1.82) is 5.26 Å². The Hall–Kier alpha value is -1.33. The van der Waals surface area contributed by atoms with Gasteiger partial charge in [-0.1, -0.05) is 43.2 Å². The van der Waals surface area contributed by atoms with Crippen molar-refractivity contribution < 1.29 is 0 Å². The van der Waals surface area contributed by atoms with Crippen molar-refractivity contribution in [2.24, 2.45) is 5.92 Å². The lowest BCUT2D eigenvalue weighted by molar-refractivity contribution is 0.110. The van der Waals surface area contributed by atoms with Crippen molar-refractivity contribution in [3.63, 3.8) is 0 Å². The molecule has 1 saturated heterocycles. The van der Waals surface area contributed by atoms with Gasteiger partial charge in [-0.3, -0.25) is 4.90 Å². The topological polar surface area (TPSA) is 27.0 Å². The molecule has 2 fully saturated rings. The molecule has 1 aromatic carbocycles.